The summed E-state index contributed by atoms with van der Waals surface area (Å²) in [6.45, 7) is 6.52. The molecule has 0 aliphatic carbocycles. The summed E-state index contributed by atoms with van der Waals surface area (Å²) in [6.07, 6.45) is 5.30. The third kappa shape index (κ3) is 4.58. The fourth-order valence-corrected chi connectivity index (χ4v) is 6.02. The molecule has 24 heavy (non-hydrogen) atoms. The van der Waals surface area contributed by atoms with Crippen molar-refractivity contribution in [2.45, 2.75) is 49.3 Å². The highest BCUT2D eigenvalue weighted by Crippen LogP contribution is 2.25. The van der Waals surface area contributed by atoms with E-state index in [-0.39, 0.29) is 0 Å². The zero-order chi connectivity index (χ0) is 17.0. The molecule has 5 nitrogen and oxygen atoms in total. The van der Waals surface area contributed by atoms with Crippen LogP contribution in [0.2, 0.25) is 0 Å². The minimum absolute atomic E-state index is 0.444. The molecule has 0 radical (unpaired) electrons. The van der Waals surface area contributed by atoms with E-state index in [9.17, 15) is 8.42 Å². The third-order valence-corrected chi connectivity index (χ3v) is 8.31. The molecule has 0 aromatic carbocycles. The average Bonchev–Trinajstić information content (AvgIpc) is 3.11. The van der Waals surface area contributed by atoms with Gasteiger partial charge in [-0.1, -0.05) is 6.92 Å². The second-order valence-electron chi connectivity index (χ2n) is 6.75. The van der Waals surface area contributed by atoms with Gasteiger partial charge in [-0.2, -0.15) is 0 Å². The van der Waals surface area contributed by atoms with Gasteiger partial charge in [-0.25, -0.2) is 13.1 Å². The average molecular weight is 373 g/mol. The predicted octanol–water partition coefficient (Wildman–Crippen LogP) is 2.48. The number of ether oxygens (including phenoxy) is 1. The number of nitrogens with zero attached hydrogens (tertiary/aromatic N) is 1. The first-order valence-corrected chi connectivity index (χ1v) is 11.3. The lowest BCUT2D eigenvalue weighted by atomic mass is 9.94. The Balaban J connectivity index is 1.46. The summed E-state index contributed by atoms with van der Waals surface area (Å²) in [4.78, 5) is 3.68. The van der Waals surface area contributed by atoms with Crippen LogP contribution < -0.4 is 4.72 Å². The van der Waals surface area contributed by atoms with Crippen molar-refractivity contribution in [2.75, 3.05) is 32.8 Å². The van der Waals surface area contributed by atoms with Crippen molar-refractivity contribution < 1.29 is 13.2 Å². The number of hydrogen-bond donors (Lipinski definition) is 1. The third-order valence-electron chi connectivity index (χ3n) is 5.17. The van der Waals surface area contributed by atoms with Crippen LogP contribution in [0.25, 0.3) is 0 Å². The molecule has 136 valence electrons. The van der Waals surface area contributed by atoms with Crippen molar-refractivity contribution in [2.24, 2.45) is 5.92 Å². The Kier molecular flexibility index (Phi) is 6.32. The smallest absolute Gasteiger partial charge is 0.250 e. The summed E-state index contributed by atoms with van der Waals surface area (Å²) in [7, 11) is -3.34. The lowest BCUT2D eigenvalue weighted by molar-refractivity contribution is 0.0214. The molecule has 1 aromatic rings. The van der Waals surface area contributed by atoms with Gasteiger partial charge in [0.05, 0.1) is 0 Å². The van der Waals surface area contributed by atoms with Crippen LogP contribution in [0.5, 0.6) is 0 Å². The van der Waals surface area contributed by atoms with E-state index >= 15 is 0 Å². The SMILES string of the molecule is CCc1ccc(S(=O)(=O)NCC2CCN(C3CCOCC3)CC2)s1. The first-order valence-electron chi connectivity index (χ1n) is 8.98. The van der Waals surface area contributed by atoms with Crippen LogP contribution in [0.15, 0.2) is 16.3 Å². The van der Waals surface area contributed by atoms with Gasteiger partial charge in [-0.3, -0.25) is 0 Å². The molecule has 1 N–H and O–H groups in total. The highest BCUT2D eigenvalue weighted by atomic mass is 32.2. The van der Waals surface area contributed by atoms with Crippen LogP contribution in [-0.2, 0) is 21.2 Å². The summed E-state index contributed by atoms with van der Waals surface area (Å²) in [5, 5.41) is 0. The Morgan fingerprint density at radius 2 is 1.92 bits per heavy atom. The molecule has 2 aliphatic heterocycles. The molecule has 2 aliphatic rings. The molecule has 7 heteroatoms. The fourth-order valence-electron chi connectivity index (χ4n) is 3.56. The second kappa shape index (κ2) is 8.27. The van der Waals surface area contributed by atoms with Gasteiger partial charge in [0.15, 0.2) is 0 Å². The standard InChI is InChI=1S/C17H28N2O3S2/c1-2-16-3-4-17(23-16)24(20,21)18-13-14-5-9-19(10-6-14)15-7-11-22-12-8-15/h3-4,14-15,18H,2,5-13H2,1H3. The largest absolute Gasteiger partial charge is 0.381 e. The highest BCUT2D eigenvalue weighted by Gasteiger charge is 2.27. The van der Waals surface area contributed by atoms with E-state index in [2.05, 4.69) is 9.62 Å². The van der Waals surface area contributed by atoms with E-state index < -0.39 is 10.0 Å². The summed E-state index contributed by atoms with van der Waals surface area (Å²) in [5.41, 5.74) is 0. The molecule has 0 bridgehead atoms. The highest BCUT2D eigenvalue weighted by molar-refractivity contribution is 7.91. The molecular formula is C17H28N2O3S2. The van der Waals surface area contributed by atoms with Crippen molar-refractivity contribution in [1.29, 1.82) is 0 Å². The Bertz CT molecular complexity index is 616. The van der Waals surface area contributed by atoms with Gasteiger partial charge >= 0.3 is 0 Å². The maximum Gasteiger partial charge on any atom is 0.250 e. The molecule has 3 rings (SSSR count). The van der Waals surface area contributed by atoms with Crippen molar-refractivity contribution in [3.05, 3.63) is 17.0 Å². The molecule has 1 aromatic heterocycles. The first kappa shape index (κ1) is 18.3. The summed E-state index contributed by atoms with van der Waals surface area (Å²) < 4.78 is 33.5. The fraction of sp³-hybridized carbons (Fsp3) is 0.765. The molecule has 2 saturated heterocycles. The molecule has 2 fully saturated rings. The Morgan fingerprint density at radius 1 is 1.21 bits per heavy atom. The quantitative estimate of drug-likeness (QED) is 0.833. The zero-order valence-electron chi connectivity index (χ0n) is 14.4. The molecular weight excluding hydrogens is 344 g/mol. The first-order chi connectivity index (χ1) is 11.6. The van der Waals surface area contributed by atoms with Gasteiger partial charge < -0.3 is 9.64 Å². The number of sulfonamides is 1. The van der Waals surface area contributed by atoms with E-state index in [1.54, 1.807) is 6.07 Å². The lowest BCUT2D eigenvalue weighted by Crippen LogP contribution is -2.45. The van der Waals surface area contributed by atoms with E-state index in [1.807, 2.05) is 13.0 Å². The number of rotatable bonds is 6. The molecule has 3 heterocycles. The molecule has 0 amide bonds. The van der Waals surface area contributed by atoms with Gasteiger partial charge in [0, 0.05) is 30.7 Å². The minimum Gasteiger partial charge on any atom is -0.381 e. The number of aryl methyl sites for hydroxylation is 1. The van der Waals surface area contributed by atoms with Crippen molar-refractivity contribution in [3.63, 3.8) is 0 Å². The number of thiophene rings is 1. The minimum atomic E-state index is -3.34. The normalized spacial score (nSPS) is 22.0. The van der Waals surface area contributed by atoms with E-state index in [1.165, 1.54) is 11.3 Å². The molecule has 0 atom stereocenters. The molecule has 0 unspecified atom stereocenters. The summed E-state index contributed by atoms with van der Waals surface area (Å²) >= 11 is 1.38. The maximum absolute atomic E-state index is 12.4. The van der Waals surface area contributed by atoms with Crippen LogP contribution in [0.4, 0.5) is 0 Å². The van der Waals surface area contributed by atoms with Crippen molar-refractivity contribution in [3.8, 4) is 0 Å². The van der Waals surface area contributed by atoms with Crippen LogP contribution in [0, 0.1) is 5.92 Å². The monoisotopic (exact) mass is 372 g/mol. The number of likely N-dealkylation sites (tertiary alicyclic amines) is 1. The van der Waals surface area contributed by atoms with Gasteiger partial charge in [0.1, 0.15) is 4.21 Å². The zero-order valence-corrected chi connectivity index (χ0v) is 16.0. The topological polar surface area (TPSA) is 58.6 Å². The van der Waals surface area contributed by atoms with Crippen molar-refractivity contribution >= 4 is 21.4 Å². The number of hydrogen-bond acceptors (Lipinski definition) is 5. The van der Waals surface area contributed by atoms with Gasteiger partial charge in [0.25, 0.3) is 0 Å². The summed E-state index contributed by atoms with van der Waals surface area (Å²) in [6, 6.07) is 4.29. The molecule has 0 saturated carbocycles. The second-order valence-corrected chi connectivity index (χ2v) is 9.91. The van der Waals surface area contributed by atoms with E-state index in [0.29, 0.717) is 22.7 Å². The Labute approximate surface area is 149 Å². The summed E-state index contributed by atoms with van der Waals surface area (Å²) in [5.74, 6) is 0.446. The van der Waals surface area contributed by atoms with Crippen molar-refractivity contribution in [1.82, 2.24) is 9.62 Å². The lowest BCUT2D eigenvalue weighted by Gasteiger charge is -2.39. The van der Waals surface area contributed by atoms with E-state index in [4.69, 9.17) is 4.74 Å². The molecule has 0 spiro atoms. The van der Waals surface area contributed by atoms with Gasteiger partial charge in [0.2, 0.25) is 10.0 Å². The predicted molar refractivity (Wildman–Crippen MR) is 97.0 cm³/mol. The number of nitrogens with one attached hydrogen (secondary N) is 1. The number of piperidine rings is 1. The van der Waals surface area contributed by atoms with Gasteiger partial charge in [-0.15, -0.1) is 11.3 Å². The van der Waals surface area contributed by atoms with Crippen LogP contribution in [0.1, 0.15) is 37.5 Å². The Morgan fingerprint density at radius 3 is 2.54 bits per heavy atom. The Hall–Kier alpha value is -0.470. The van der Waals surface area contributed by atoms with Gasteiger partial charge in [-0.05, 0) is 63.2 Å². The van der Waals surface area contributed by atoms with Crippen LogP contribution >= 0.6 is 11.3 Å². The maximum atomic E-state index is 12.4. The van der Waals surface area contributed by atoms with E-state index in [0.717, 1.165) is 63.3 Å². The van der Waals surface area contributed by atoms with Crippen LogP contribution in [0.3, 0.4) is 0 Å². The van der Waals surface area contributed by atoms with Crippen LogP contribution in [-0.4, -0.2) is 52.2 Å².